The summed E-state index contributed by atoms with van der Waals surface area (Å²) in [5, 5.41) is 1.05. The van der Waals surface area contributed by atoms with Crippen LogP contribution in [0.3, 0.4) is 0 Å². The van der Waals surface area contributed by atoms with Gasteiger partial charge in [-0.2, -0.15) is 0 Å². The molecule has 9 nitrogen and oxygen atoms in total. The van der Waals surface area contributed by atoms with Gasteiger partial charge in [-0.05, 0) is 87.2 Å². The predicted octanol–water partition coefficient (Wildman–Crippen LogP) is 5.30. The molecule has 0 bridgehead atoms. The van der Waals surface area contributed by atoms with Crippen LogP contribution in [0.5, 0.6) is 5.75 Å². The normalized spacial score (nSPS) is 20.9. The number of amides is 2. The number of rotatable bonds is 6. The molecule has 2 aliphatic heterocycles. The smallest absolute Gasteiger partial charge is 0.280 e. The molecule has 10 heteroatoms. The van der Waals surface area contributed by atoms with E-state index in [0.717, 1.165) is 58.6 Å². The minimum absolute atomic E-state index is 0.000922. The summed E-state index contributed by atoms with van der Waals surface area (Å²) in [4.78, 5) is 34.0. The van der Waals surface area contributed by atoms with Gasteiger partial charge in [0, 0.05) is 41.7 Å². The number of carbonyl (C=O) groups is 2. The third kappa shape index (κ3) is 5.43. The van der Waals surface area contributed by atoms with Crippen LogP contribution in [-0.4, -0.2) is 65.7 Å². The topological polar surface area (TPSA) is 97.7 Å². The SMILES string of the molecule is CNSNC(=O)c1ccc2c(C3CCCCC3)c3n(c2n1)CC(C(=O)N1CC(C)OC(C)C1)=Cc1cc(OC)ccc1-3. The number of aromatic nitrogens is 2. The van der Waals surface area contributed by atoms with Crippen molar-refractivity contribution in [1.29, 1.82) is 0 Å². The van der Waals surface area contributed by atoms with Gasteiger partial charge < -0.3 is 18.9 Å². The zero-order valence-electron chi connectivity index (χ0n) is 24.7. The zero-order valence-corrected chi connectivity index (χ0v) is 25.6. The summed E-state index contributed by atoms with van der Waals surface area (Å²) < 4.78 is 19.4. The maximum absolute atomic E-state index is 14.2. The average molecular weight is 590 g/mol. The van der Waals surface area contributed by atoms with Gasteiger partial charge in [0.15, 0.2) is 0 Å². The maximum atomic E-state index is 14.2. The Balaban J connectivity index is 1.55. The second kappa shape index (κ2) is 12.1. The Hall–Kier alpha value is -3.34. The fourth-order valence-electron chi connectivity index (χ4n) is 6.85. The Kier molecular flexibility index (Phi) is 8.29. The number of pyridine rings is 1. The summed E-state index contributed by atoms with van der Waals surface area (Å²) in [6.07, 6.45) is 7.82. The van der Waals surface area contributed by atoms with Crippen LogP contribution in [0.15, 0.2) is 35.9 Å². The number of morpholine rings is 1. The molecule has 2 aromatic heterocycles. The average Bonchev–Trinajstić information content (AvgIpc) is 3.21. The highest BCUT2D eigenvalue weighted by molar-refractivity contribution is 7.96. The standard InChI is InChI=1S/C32H39N5O4S/c1-19-16-36(17-20(2)41-19)32(39)23-14-22-15-24(40-4)10-11-25(22)29-28(21-8-6-5-7-9-21)26-12-13-27(31(38)35-42-33-3)34-30(26)37(29)18-23/h10-15,19-21,33H,5-9,16-18H2,1-4H3,(H,35,38). The molecule has 1 aliphatic carbocycles. The van der Waals surface area contributed by atoms with E-state index in [4.69, 9.17) is 14.5 Å². The molecule has 0 spiro atoms. The summed E-state index contributed by atoms with van der Waals surface area (Å²) in [5.41, 5.74) is 6.12. The summed E-state index contributed by atoms with van der Waals surface area (Å²) in [6, 6.07) is 9.97. The molecule has 0 radical (unpaired) electrons. The minimum Gasteiger partial charge on any atom is -0.497 e. The number of methoxy groups -OCH3 is 1. The highest BCUT2D eigenvalue weighted by atomic mass is 32.2. The lowest BCUT2D eigenvalue weighted by Gasteiger charge is -2.35. The minimum atomic E-state index is -0.270. The molecular weight excluding hydrogens is 550 g/mol. The zero-order chi connectivity index (χ0) is 29.4. The second-order valence-electron chi connectivity index (χ2n) is 11.6. The first-order valence-electron chi connectivity index (χ1n) is 14.9. The van der Waals surface area contributed by atoms with Gasteiger partial charge in [-0.25, -0.2) is 9.71 Å². The molecule has 2 N–H and O–H groups in total. The fourth-order valence-corrected chi connectivity index (χ4v) is 7.15. The molecular formula is C32H39N5O4S. The number of hydrogen-bond donors (Lipinski definition) is 2. The van der Waals surface area contributed by atoms with E-state index < -0.39 is 0 Å². The molecule has 4 heterocycles. The highest BCUT2D eigenvalue weighted by Crippen LogP contribution is 2.46. The maximum Gasteiger partial charge on any atom is 0.280 e. The number of hydrogen-bond acceptors (Lipinski definition) is 7. The molecule has 3 aromatic rings. The fraction of sp³-hybridized carbons (Fsp3) is 0.469. The van der Waals surface area contributed by atoms with E-state index in [-0.39, 0.29) is 24.0 Å². The molecule has 1 saturated carbocycles. The molecule has 3 aliphatic rings. The van der Waals surface area contributed by atoms with E-state index in [9.17, 15) is 9.59 Å². The van der Waals surface area contributed by atoms with Gasteiger partial charge in [0.25, 0.3) is 11.8 Å². The molecule has 1 saturated heterocycles. The Morgan fingerprint density at radius 1 is 1.07 bits per heavy atom. The Bertz CT molecular complexity index is 1530. The number of nitrogens with zero attached hydrogens (tertiary/aromatic N) is 3. The van der Waals surface area contributed by atoms with Crippen LogP contribution in [0.2, 0.25) is 0 Å². The van der Waals surface area contributed by atoms with Gasteiger partial charge >= 0.3 is 0 Å². The van der Waals surface area contributed by atoms with Crippen LogP contribution < -0.4 is 14.2 Å². The predicted molar refractivity (Wildman–Crippen MR) is 166 cm³/mol. The van der Waals surface area contributed by atoms with Crippen molar-refractivity contribution >= 4 is 41.1 Å². The quantitative estimate of drug-likeness (QED) is 0.377. The highest BCUT2D eigenvalue weighted by Gasteiger charge is 2.33. The van der Waals surface area contributed by atoms with Crippen molar-refractivity contribution in [3.63, 3.8) is 0 Å². The summed E-state index contributed by atoms with van der Waals surface area (Å²) in [7, 11) is 3.41. The summed E-state index contributed by atoms with van der Waals surface area (Å²) in [6.45, 7) is 5.47. The largest absolute Gasteiger partial charge is 0.497 e. The number of carbonyl (C=O) groups excluding carboxylic acids is 2. The van der Waals surface area contributed by atoms with E-state index in [1.807, 2.05) is 49.1 Å². The lowest BCUT2D eigenvalue weighted by Crippen LogP contribution is -2.48. The molecule has 42 heavy (non-hydrogen) atoms. The third-order valence-electron chi connectivity index (χ3n) is 8.59. The van der Waals surface area contributed by atoms with Gasteiger partial charge in [0.1, 0.15) is 17.1 Å². The monoisotopic (exact) mass is 589 g/mol. The molecule has 1 aromatic carbocycles. The van der Waals surface area contributed by atoms with Gasteiger partial charge in [0.05, 0.1) is 31.6 Å². The van der Waals surface area contributed by atoms with Gasteiger partial charge in [-0.15, -0.1) is 0 Å². The number of benzene rings is 1. The molecule has 2 atom stereocenters. The van der Waals surface area contributed by atoms with E-state index in [1.165, 1.54) is 24.8 Å². The van der Waals surface area contributed by atoms with Crippen LogP contribution in [0.1, 0.15) is 73.5 Å². The van der Waals surface area contributed by atoms with Crippen LogP contribution >= 0.6 is 12.1 Å². The number of ether oxygens (including phenoxy) is 2. The van der Waals surface area contributed by atoms with Crippen molar-refractivity contribution in [3.8, 4) is 17.0 Å². The molecule has 2 amide bonds. The van der Waals surface area contributed by atoms with E-state index >= 15 is 0 Å². The first-order valence-corrected chi connectivity index (χ1v) is 15.7. The van der Waals surface area contributed by atoms with E-state index in [1.54, 1.807) is 14.2 Å². The van der Waals surface area contributed by atoms with Crippen LogP contribution in [-0.2, 0) is 16.1 Å². The number of nitrogens with one attached hydrogen (secondary N) is 2. The van der Waals surface area contributed by atoms with Gasteiger partial charge in [0.2, 0.25) is 0 Å². The molecule has 6 rings (SSSR count). The van der Waals surface area contributed by atoms with Crippen molar-refractivity contribution in [2.45, 2.75) is 70.6 Å². The van der Waals surface area contributed by atoms with Crippen LogP contribution in [0.4, 0.5) is 0 Å². The second-order valence-corrected chi connectivity index (χ2v) is 12.4. The van der Waals surface area contributed by atoms with E-state index in [0.29, 0.717) is 36.8 Å². The lowest BCUT2D eigenvalue weighted by molar-refractivity contribution is -0.139. The van der Waals surface area contributed by atoms with Crippen molar-refractivity contribution < 1.29 is 19.1 Å². The van der Waals surface area contributed by atoms with Crippen molar-refractivity contribution in [2.24, 2.45) is 0 Å². The van der Waals surface area contributed by atoms with Crippen LogP contribution in [0.25, 0.3) is 28.4 Å². The first-order chi connectivity index (χ1) is 20.4. The summed E-state index contributed by atoms with van der Waals surface area (Å²) in [5.74, 6) is 0.854. The third-order valence-corrected chi connectivity index (χ3v) is 9.08. The van der Waals surface area contributed by atoms with Gasteiger partial charge in [-0.3, -0.25) is 14.3 Å². The lowest BCUT2D eigenvalue weighted by atomic mass is 9.81. The van der Waals surface area contributed by atoms with Gasteiger partial charge in [-0.1, -0.05) is 19.3 Å². The Morgan fingerprint density at radius 2 is 1.83 bits per heavy atom. The molecule has 222 valence electrons. The first kappa shape index (κ1) is 28.8. The Morgan fingerprint density at radius 3 is 2.55 bits per heavy atom. The number of fused-ring (bicyclic) bond motifs is 5. The summed E-state index contributed by atoms with van der Waals surface area (Å²) >= 11 is 1.11. The molecule has 2 unspecified atom stereocenters. The van der Waals surface area contributed by atoms with Crippen LogP contribution in [0, 0.1) is 0 Å². The molecule has 2 fully saturated rings. The van der Waals surface area contributed by atoms with Crippen molar-refractivity contribution in [1.82, 2.24) is 23.9 Å². The van der Waals surface area contributed by atoms with E-state index in [2.05, 4.69) is 20.1 Å². The van der Waals surface area contributed by atoms with Crippen molar-refractivity contribution in [3.05, 3.63) is 52.7 Å². The Labute approximate surface area is 251 Å². The van der Waals surface area contributed by atoms with Crippen molar-refractivity contribution in [2.75, 3.05) is 27.2 Å².